The minimum Gasteiger partial charge on any atom is -0.226 e. The number of nitrogens with zero attached hydrogens (tertiary/aromatic N) is 4. The van der Waals surface area contributed by atoms with E-state index in [1.165, 1.54) is 44.3 Å². The fraction of sp³-hybridized carbons (Fsp3) is 0.0909. The summed E-state index contributed by atoms with van der Waals surface area (Å²) in [4.78, 5) is 0. The molecule has 0 spiro atoms. The summed E-state index contributed by atoms with van der Waals surface area (Å²) in [5.74, 6) is 6.99. The van der Waals surface area contributed by atoms with Crippen LogP contribution in [0.2, 0.25) is 0 Å². The van der Waals surface area contributed by atoms with Gasteiger partial charge in [0.2, 0.25) is 12.7 Å². The third-order valence-corrected chi connectivity index (χ3v) is 8.88. The van der Waals surface area contributed by atoms with Crippen molar-refractivity contribution in [3.05, 3.63) is 204 Å². The molecule has 0 radical (unpaired) electrons. The van der Waals surface area contributed by atoms with Crippen LogP contribution in [0.3, 0.4) is 0 Å². The van der Waals surface area contributed by atoms with Gasteiger partial charge in [-0.15, -0.1) is 0 Å². The number of hydrogen-bond donors (Lipinski definition) is 0. The Balaban J connectivity index is 1.15. The molecule has 6 aromatic carbocycles. The van der Waals surface area contributed by atoms with Crippen molar-refractivity contribution in [1.29, 1.82) is 0 Å². The molecule has 230 valence electrons. The zero-order valence-electron chi connectivity index (χ0n) is 26.8. The summed E-state index contributed by atoms with van der Waals surface area (Å²) in [5.41, 5.74) is 11.9. The van der Waals surface area contributed by atoms with Crippen LogP contribution >= 0.6 is 0 Å². The molecule has 0 aliphatic heterocycles. The molecule has 0 atom stereocenters. The van der Waals surface area contributed by atoms with Crippen LogP contribution in [0.25, 0.3) is 22.1 Å². The molecule has 0 aliphatic carbocycles. The van der Waals surface area contributed by atoms with Gasteiger partial charge in [0, 0.05) is 23.3 Å². The average Bonchev–Trinajstić information content (AvgIpc) is 3.65. The van der Waals surface area contributed by atoms with E-state index in [0.717, 1.165) is 37.3 Å². The lowest BCUT2D eigenvalue weighted by Crippen LogP contribution is -2.32. The van der Waals surface area contributed by atoms with Crippen LogP contribution in [-0.2, 0) is 26.2 Å². The summed E-state index contributed by atoms with van der Waals surface area (Å²) in [6.07, 6.45) is 4.47. The van der Waals surface area contributed by atoms with Gasteiger partial charge >= 0.3 is 0 Å². The molecule has 4 nitrogen and oxygen atoms in total. The largest absolute Gasteiger partial charge is 0.245 e. The predicted molar refractivity (Wildman–Crippen MR) is 192 cm³/mol. The maximum absolute atomic E-state index is 3.49. The summed E-state index contributed by atoms with van der Waals surface area (Å²) in [5, 5.41) is 0. The van der Waals surface area contributed by atoms with Gasteiger partial charge in [0.25, 0.3) is 0 Å². The first-order valence-corrected chi connectivity index (χ1v) is 16.5. The SMILES string of the molecule is C(#Cc1ccc2c(c1)n(Cc1ccccc1)c[n+]2Cc1ccccc1)c1ccc2c(c1)n(Cc1ccccc1)c[n+]2Cc1ccccc1. The molecule has 8 aromatic rings. The van der Waals surface area contributed by atoms with Gasteiger partial charge in [-0.3, -0.25) is 0 Å². The van der Waals surface area contributed by atoms with Crippen molar-refractivity contribution in [1.82, 2.24) is 9.13 Å². The molecular weight excluding hydrogens is 585 g/mol. The van der Waals surface area contributed by atoms with Crippen LogP contribution < -0.4 is 9.13 Å². The number of hydrogen-bond acceptors (Lipinski definition) is 0. The Bertz CT molecular complexity index is 2210. The van der Waals surface area contributed by atoms with Gasteiger partial charge in [-0.1, -0.05) is 133 Å². The molecule has 0 saturated heterocycles. The van der Waals surface area contributed by atoms with E-state index in [2.05, 4.69) is 200 Å². The first kappa shape index (κ1) is 29.2. The monoisotopic (exact) mass is 620 g/mol. The Morgan fingerprint density at radius 3 is 1.12 bits per heavy atom. The van der Waals surface area contributed by atoms with Crippen molar-refractivity contribution in [3.8, 4) is 11.8 Å². The maximum atomic E-state index is 3.49. The minimum atomic E-state index is 0.800. The number of benzene rings is 6. The standard InChI is InChI=1S/C44H36N4/c1-5-13-37(14-6-1)29-45-33-47(31-39-17-9-3-10-18-39)43-27-35(23-25-41(43)45)21-22-36-24-26-42-44(28-36)48(32-40-19-11-4-12-20-40)34-46(42)30-38-15-7-2-8-16-38/h1-20,23-28,33-34H,29-32H2/q+2. The third-order valence-electron chi connectivity index (χ3n) is 8.88. The van der Waals surface area contributed by atoms with Gasteiger partial charge < -0.3 is 0 Å². The number of fused-ring (bicyclic) bond motifs is 2. The molecule has 0 fully saturated rings. The highest BCUT2D eigenvalue weighted by atomic mass is 15.1. The van der Waals surface area contributed by atoms with Crippen molar-refractivity contribution in [2.75, 3.05) is 0 Å². The fourth-order valence-electron chi connectivity index (χ4n) is 6.50. The normalized spacial score (nSPS) is 11.1. The summed E-state index contributed by atoms with van der Waals surface area (Å²) in [6, 6.07) is 55.8. The highest BCUT2D eigenvalue weighted by molar-refractivity contribution is 5.76. The van der Waals surface area contributed by atoms with E-state index >= 15 is 0 Å². The van der Waals surface area contributed by atoms with Gasteiger partial charge in [-0.05, 0) is 46.5 Å². The van der Waals surface area contributed by atoms with Crippen LogP contribution in [0.1, 0.15) is 33.4 Å². The molecule has 0 amide bonds. The summed E-state index contributed by atoms with van der Waals surface area (Å²) in [6.45, 7) is 3.23. The Morgan fingerprint density at radius 1 is 0.396 bits per heavy atom. The summed E-state index contributed by atoms with van der Waals surface area (Å²) in [7, 11) is 0. The molecule has 0 unspecified atom stereocenters. The van der Waals surface area contributed by atoms with E-state index in [9.17, 15) is 0 Å². The predicted octanol–water partition coefficient (Wildman–Crippen LogP) is 7.76. The Morgan fingerprint density at radius 2 is 0.750 bits per heavy atom. The van der Waals surface area contributed by atoms with Crippen LogP contribution in [0.15, 0.2) is 170 Å². The Hall–Kier alpha value is -6.18. The molecule has 48 heavy (non-hydrogen) atoms. The van der Waals surface area contributed by atoms with E-state index < -0.39 is 0 Å². The quantitative estimate of drug-likeness (QED) is 0.122. The van der Waals surface area contributed by atoms with Gasteiger partial charge in [0.1, 0.15) is 26.2 Å². The molecule has 2 heterocycles. The van der Waals surface area contributed by atoms with E-state index in [0.29, 0.717) is 0 Å². The topological polar surface area (TPSA) is 17.6 Å². The molecular formula is C44H36N4+2. The smallest absolute Gasteiger partial charge is 0.226 e. The third kappa shape index (κ3) is 6.40. The Kier molecular flexibility index (Phi) is 8.09. The van der Waals surface area contributed by atoms with Gasteiger partial charge in [0.05, 0.1) is 0 Å². The van der Waals surface area contributed by atoms with E-state index in [1.54, 1.807) is 0 Å². The number of rotatable bonds is 8. The molecule has 2 aromatic heterocycles. The van der Waals surface area contributed by atoms with Gasteiger partial charge in [0.15, 0.2) is 22.1 Å². The molecule has 0 bridgehead atoms. The number of imidazole rings is 2. The second-order valence-corrected chi connectivity index (χ2v) is 12.3. The lowest BCUT2D eigenvalue weighted by molar-refractivity contribution is -0.663. The first-order chi connectivity index (χ1) is 23.7. The molecule has 0 N–H and O–H groups in total. The van der Waals surface area contributed by atoms with E-state index in [4.69, 9.17) is 0 Å². The minimum absolute atomic E-state index is 0.800. The van der Waals surface area contributed by atoms with Crippen LogP contribution in [0, 0.1) is 11.8 Å². The number of aromatic nitrogens is 4. The fourth-order valence-corrected chi connectivity index (χ4v) is 6.50. The second-order valence-electron chi connectivity index (χ2n) is 12.3. The molecule has 0 aliphatic rings. The van der Waals surface area contributed by atoms with Crippen molar-refractivity contribution in [2.45, 2.75) is 26.2 Å². The van der Waals surface area contributed by atoms with Crippen LogP contribution in [0.5, 0.6) is 0 Å². The zero-order valence-corrected chi connectivity index (χ0v) is 26.8. The highest BCUT2D eigenvalue weighted by Crippen LogP contribution is 2.19. The maximum Gasteiger partial charge on any atom is 0.245 e. The van der Waals surface area contributed by atoms with Gasteiger partial charge in [-0.2, -0.15) is 0 Å². The summed E-state index contributed by atoms with van der Waals surface area (Å²) >= 11 is 0. The van der Waals surface area contributed by atoms with Crippen molar-refractivity contribution < 1.29 is 9.13 Å². The van der Waals surface area contributed by atoms with Crippen molar-refractivity contribution in [3.63, 3.8) is 0 Å². The zero-order chi connectivity index (χ0) is 32.1. The molecule has 0 saturated carbocycles. The summed E-state index contributed by atoms with van der Waals surface area (Å²) < 4.78 is 9.36. The molecule has 4 heteroatoms. The van der Waals surface area contributed by atoms with Gasteiger partial charge in [-0.25, -0.2) is 18.3 Å². The lowest BCUT2D eigenvalue weighted by atomic mass is 10.1. The first-order valence-electron chi connectivity index (χ1n) is 16.5. The molecule has 8 rings (SSSR count). The Labute approximate surface area is 281 Å². The van der Waals surface area contributed by atoms with Crippen molar-refractivity contribution >= 4 is 22.1 Å². The van der Waals surface area contributed by atoms with E-state index in [-0.39, 0.29) is 0 Å². The van der Waals surface area contributed by atoms with Crippen molar-refractivity contribution in [2.24, 2.45) is 0 Å². The van der Waals surface area contributed by atoms with Crippen LogP contribution in [-0.4, -0.2) is 9.13 Å². The van der Waals surface area contributed by atoms with Crippen LogP contribution in [0.4, 0.5) is 0 Å². The second kappa shape index (κ2) is 13.3. The average molecular weight is 621 g/mol. The van der Waals surface area contributed by atoms with E-state index in [1.807, 2.05) is 0 Å². The highest BCUT2D eigenvalue weighted by Gasteiger charge is 2.18. The lowest BCUT2D eigenvalue weighted by Gasteiger charge is -1.99.